The number of carboxylic acids is 1. The van der Waals surface area contributed by atoms with Crippen molar-refractivity contribution in [2.45, 2.75) is 73.6 Å². The van der Waals surface area contributed by atoms with Crippen LogP contribution < -0.4 is 0 Å². The summed E-state index contributed by atoms with van der Waals surface area (Å²) >= 11 is 3.31. The molecule has 0 saturated carbocycles. The molecule has 3 heterocycles. The first-order chi connectivity index (χ1) is 30.3. The van der Waals surface area contributed by atoms with Crippen molar-refractivity contribution in [1.29, 1.82) is 0 Å². The Morgan fingerprint density at radius 2 is 1.08 bits per heavy atom. The fourth-order valence-corrected chi connectivity index (χ4v) is 8.74. The maximum Gasteiger partial charge on any atom is 0.335 e. The molecule has 13 heteroatoms. The molecule has 0 atom stereocenters. The number of aliphatic imine (C=N–C) groups is 2. The summed E-state index contributed by atoms with van der Waals surface area (Å²) in [6, 6.07) is 23.5. The lowest BCUT2D eigenvalue weighted by molar-refractivity contribution is 0.0694. The second-order valence-corrected chi connectivity index (χ2v) is 18.1. The van der Waals surface area contributed by atoms with Gasteiger partial charge in [-0.3, -0.25) is 4.79 Å². The topological polar surface area (TPSA) is 115 Å². The summed E-state index contributed by atoms with van der Waals surface area (Å²) in [7, 11) is 4.04. The molecule has 1 fully saturated rings. The number of carbonyl (C=O) groups is 2. The van der Waals surface area contributed by atoms with Crippen molar-refractivity contribution in [3.05, 3.63) is 138 Å². The van der Waals surface area contributed by atoms with Crippen molar-refractivity contribution in [1.82, 2.24) is 24.7 Å². The molecule has 0 radical (unpaired) electrons. The SMILES string of the molecule is Br.CCN(C)C=Nc1cc(C)c(Cc2nc(-c3ccc(C(=O)N4CCCCC4)cc3)cs2)cc1C.CCN(C)C=Nc1cc(C)c(Cc2nc(-c3ccc(C(=O)O)cc3)cs2)cc1C. The summed E-state index contributed by atoms with van der Waals surface area (Å²) in [6.07, 6.45) is 8.77. The fraction of sp³-hybridized carbons (Fsp3) is 0.333. The Kier molecular flexibility index (Phi) is 18.1. The van der Waals surface area contributed by atoms with E-state index < -0.39 is 5.97 Å². The molecule has 10 nitrogen and oxygen atoms in total. The lowest BCUT2D eigenvalue weighted by Gasteiger charge is -2.26. The van der Waals surface area contributed by atoms with Crippen molar-refractivity contribution in [2.24, 2.45) is 9.98 Å². The number of rotatable bonds is 14. The van der Waals surface area contributed by atoms with Crippen LogP contribution in [0.1, 0.15) is 97.2 Å². The van der Waals surface area contributed by atoms with E-state index in [2.05, 4.69) is 86.1 Å². The molecule has 7 rings (SSSR count). The third-order valence-corrected chi connectivity index (χ3v) is 13.1. The molecule has 336 valence electrons. The zero-order chi connectivity index (χ0) is 45.0. The van der Waals surface area contributed by atoms with Crippen LogP contribution in [0.4, 0.5) is 11.4 Å². The Morgan fingerprint density at radius 1 is 0.656 bits per heavy atom. The number of carbonyl (C=O) groups excluding carboxylic acids is 1. The first kappa shape index (κ1) is 49.5. The van der Waals surface area contributed by atoms with Crippen LogP contribution in [0.25, 0.3) is 22.5 Å². The van der Waals surface area contributed by atoms with Gasteiger partial charge in [0.25, 0.3) is 5.91 Å². The number of halogens is 1. The van der Waals surface area contributed by atoms with Crippen LogP contribution in [0.15, 0.2) is 93.5 Å². The van der Waals surface area contributed by atoms with E-state index in [1.165, 1.54) is 34.2 Å². The standard InChI is InChI=1S/C28H34N4OS.C23H25N3O2S.BrH/c1-5-31(4)19-29-25-16-20(2)24(15-21(25)3)17-27-30-26(18-34-27)22-9-11-23(12-10-22)28(33)32-13-7-6-8-14-32;1-5-26(4)14-24-20-11-15(2)19(10-16(20)3)12-22-25-21(13-29-22)17-6-8-18(9-7-17)23(27)28;/h9-12,15-16,18-19H,5-8,13-14,17H2,1-4H3;6-11,13-14H,5,12H2,1-4H3,(H,27,28);1H. The molecule has 1 amide bonds. The Hall–Kier alpha value is -5.50. The summed E-state index contributed by atoms with van der Waals surface area (Å²) in [5.41, 5.74) is 14.1. The van der Waals surface area contributed by atoms with Crippen LogP contribution in [-0.4, -0.2) is 94.6 Å². The molecule has 1 aliphatic heterocycles. The maximum atomic E-state index is 12.7. The number of aromatic carboxylic acids is 1. The molecule has 2 aromatic heterocycles. The minimum atomic E-state index is -0.921. The summed E-state index contributed by atoms with van der Waals surface area (Å²) in [6.45, 7) is 16.3. The quantitative estimate of drug-likeness (QED) is 0.0854. The highest BCUT2D eigenvalue weighted by Crippen LogP contribution is 2.30. The normalized spacial score (nSPS) is 12.5. The lowest BCUT2D eigenvalue weighted by atomic mass is 10.0. The molecule has 1 N–H and O–H groups in total. The van der Waals surface area contributed by atoms with E-state index >= 15 is 0 Å². The van der Waals surface area contributed by atoms with E-state index in [1.54, 1.807) is 46.9 Å². The van der Waals surface area contributed by atoms with Crippen molar-refractivity contribution in [2.75, 3.05) is 40.3 Å². The molecule has 0 bridgehead atoms. The average molecular weight is 963 g/mol. The van der Waals surface area contributed by atoms with E-state index in [9.17, 15) is 9.59 Å². The molecular formula is C51H60BrN7O3S2. The number of piperidine rings is 1. The van der Waals surface area contributed by atoms with Gasteiger partial charge in [0.05, 0.1) is 51.0 Å². The summed E-state index contributed by atoms with van der Waals surface area (Å²) in [5.74, 6) is -0.777. The molecular weight excluding hydrogens is 903 g/mol. The number of thiazole rings is 2. The van der Waals surface area contributed by atoms with Gasteiger partial charge in [-0.15, -0.1) is 39.7 Å². The molecule has 1 aliphatic rings. The Bertz CT molecular complexity index is 2560. The van der Waals surface area contributed by atoms with E-state index in [1.807, 2.05) is 66.2 Å². The van der Waals surface area contributed by atoms with Crippen molar-refractivity contribution < 1.29 is 14.7 Å². The van der Waals surface area contributed by atoms with Crippen molar-refractivity contribution in [3.63, 3.8) is 0 Å². The lowest BCUT2D eigenvalue weighted by Crippen LogP contribution is -2.35. The predicted molar refractivity (Wildman–Crippen MR) is 272 cm³/mol. The van der Waals surface area contributed by atoms with Crippen molar-refractivity contribution in [3.8, 4) is 22.5 Å². The van der Waals surface area contributed by atoms with Gasteiger partial charge in [0.2, 0.25) is 0 Å². The van der Waals surface area contributed by atoms with E-state index in [0.717, 1.165) is 107 Å². The second kappa shape index (κ2) is 23.4. The first-order valence-electron chi connectivity index (χ1n) is 21.6. The third-order valence-electron chi connectivity index (χ3n) is 11.4. The number of amides is 1. The van der Waals surface area contributed by atoms with Crippen LogP contribution in [0.2, 0.25) is 0 Å². The third kappa shape index (κ3) is 13.3. The van der Waals surface area contributed by atoms with Gasteiger partial charge >= 0.3 is 5.97 Å². The van der Waals surface area contributed by atoms with Gasteiger partial charge in [-0.2, -0.15) is 0 Å². The minimum Gasteiger partial charge on any atom is -0.478 e. The van der Waals surface area contributed by atoms with E-state index in [-0.39, 0.29) is 28.5 Å². The molecule has 1 saturated heterocycles. The number of hydrogen-bond donors (Lipinski definition) is 1. The number of hydrogen-bond acceptors (Lipinski definition) is 8. The number of likely N-dealkylation sites (tertiary alicyclic amines) is 1. The monoisotopic (exact) mass is 961 g/mol. The van der Waals surface area contributed by atoms with Crippen LogP contribution in [0.5, 0.6) is 0 Å². The number of nitrogens with zero attached hydrogens (tertiary/aromatic N) is 7. The number of carboxylic acid groups (broad SMARTS) is 1. The Balaban J connectivity index is 0.000000240. The molecule has 0 spiro atoms. The fourth-order valence-electron chi connectivity index (χ4n) is 7.09. The molecule has 0 aliphatic carbocycles. The van der Waals surface area contributed by atoms with Gasteiger partial charge < -0.3 is 19.8 Å². The van der Waals surface area contributed by atoms with Gasteiger partial charge in [-0.05, 0) is 131 Å². The Morgan fingerprint density at radius 3 is 1.48 bits per heavy atom. The zero-order valence-electron chi connectivity index (χ0n) is 38.2. The number of aryl methyl sites for hydroxylation is 4. The Labute approximate surface area is 397 Å². The van der Waals surface area contributed by atoms with Gasteiger partial charge in [0.15, 0.2) is 0 Å². The van der Waals surface area contributed by atoms with Crippen LogP contribution >= 0.6 is 39.7 Å². The minimum absolute atomic E-state index is 0. The smallest absolute Gasteiger partial charge is 0.335 e. The summed E-state index contributed by atoms with van der Waals surface area (Å²) < 4.78 is 0. The van der Waals surface area contributed by atoms with Crippen molar-refractivity contribution >= 4 is 75.6 Å². The number of aromatic nitrogens is 2. The van der Waals surface area contributed by atoms with Crippen LogP contribution in [-0.2, 0) is 12.8 Å². The highest BCUT2D eigenvalue weighted by atomic mass is 79.9. The van der Waals surface area contributed by atoms with E-state index in [4.69, 9.17) is 15.1 Å². The average Bonchev–Trinajstić information content (AvgIpc) is 3.98. The van der Waals surface area contributed by atoms with Gasteiger partial charge in [-0.1, -0.05) is 36.4 Å². The summed E-state index contributed by atoms with van der Waals surface area (Å²) in [5, 5.41) is 15.3. The van der Waals surface area contributed by atoms with Crippen LogP contribution in [0.3, 0.4) is 0 Å². The highest BCUT2D eigenvalue weighted by molar-refractivity contribution is 8.93. The van der Waals surface area contributed by atoms with Gasteiger partial charge in [0.1, 0.15) is 0 Å². The molecule has 6 aromatic rings. The predicted octanol–water partition coefficient (Wildman–Crippen LogP) is 12.2. The zero-order valence-corrected chi connectivity index (χ0v) is 41.6. The molecule has 4 aromatic carbocycles. The summed E-state index contributed by atoms with van der Waals surface area (Å²) in [4.78, 5) is 48.7. The maximum absolute atomic E-state index is 12.7. The number of benzene rings is 4. The molecule has 0 unspecified atom stereocenters. The highest BCUT2D eigenvalue weighted by Gasteiger charge is 2.19. The first-order valence-corrected chi connectivity index (χ1v) is 23.4. The van der Waals surface area contributed by atoms with Gasteiger partial charge in [-0.25, -0.2) is 24.7 Å². The largest absolute Gasteiger partial charge is 0.478 e. The second-order valence-electron chi connectivity index (χ2n) is 16.2. The molecule has 64 heavy (non-hydrogen) atoms. The van der Waals surface area contributed by atoms with Crippen LogP contribution in [0, 0.1) is 27.7 Å². The van der Waals surface area contributed by atoms with E-state index in [0.29, 0.717) is 0 Å². The van der Waals surface area contributed by atoms with Gasteiger partial charge in [0, 0.05) is 80.6 Å².